The van der Waals surface area contributed by atoms with Crippen molar-refractivity contribution in [2.45, 2.75) is 32.0 Å². The number of carbonyl (C=O) groups excluding carboxylic acids is 1. The van der Waals surface area contributed by atoms with Gasteiger partial charge in [-0.1, -0.05) is 0 Å². The summed E-state index contributed by atoms with van der Waals surface area (Å²) in [4.78, 5) is 13.0. The molecule has 2 rings (SSSR count). The molecule has 1 fully saturated rings. The maximum atomic E-state index is 12.4. The highest BCUT2D eigenvalue weighted by atomic mass is 79.9. The smallest absolute Gasteiger partial charge is 0.339 e. The molecule has 1 aromatic heterocycles. The van der Waals surface area contributed by atoms with Gasteiger partial charge in [0.1, 0.15) is 12.2 Å². The van der Waals surface area contributed by atoms with Gasteiger partial charge in [0.05, 0.1) is 0 Å². The van der Waals surface area contributed by atoms with Gasteiger partial charge < -0.3 is 9.47 Å². The van der Waals surface area contributed by atoms with Gasteiger partial charge in [0.2, 0.25) is 0 Å². The second kappa shape index (κ2) is 5.19. The van der Waals surface area contributed by atoms with E-state index >= 15 is 0 Å². The van der Waals surface area contributed by atoms with Crippen LogP contribution in [-0.4, -0.2) is 34.6 Å². The molecule has 0 atom stereocenters. The highest BCUT2D eigenvalue weighted by Crippen LogP contribution is 2.37. The summed E-state index contributed by atoms with van der Waals surface area (Å²) in [6.45, 7) is 0.366. The predicted octanol–water partition coefficient (Wildman–Crippen LogP) is 3.61. The third-order valence-corrected chi connectivity index (χ3v) is 3.45. The number of rotatable bonds is 4. The number of hydrogen-bond donors (Lipinski definition) is 0. The second-order valence-electron chi connectivity index (χ2n) is 4.62. The first-order chi connectivity index (χ1) is 8.81. The van der Waals surface area contributed by atoms with E-state index < -0.39 is 18.6 Å². The van der Waals surface area contributed by atoms with Crippen LogP contribution in [0, 0.1) is 0 Å². The quantitative estimate of drug-likeness (QED) is 0.823. The Morgan fingerprint density at radius 2 is 2.16 bits per heavy atom. The van der Waals surface area contributed by atoms with E-state index in [-0.39, 0.29) is 12.6 Å². The summed E-state index contributed by atoms with van der Waals surface area (Å²) in [5, 5.41) is 0. The molecule has 0 unspecified atom stereocenters. The topological polar surface area (TPSA) is 25.2 Å². The molecule has 0 aliphatic heterocycles. The summed E-state index contributed by atoms with van der Waals surface area (Å²) in [6.07, 6.45) is -0.689. The Morgan fingerprint density at radius 3 is 2.63 bits per heavy atom. The van der Waals surface area contributed by atoms with Gasteiger partial charge in [0, 0.05) is 23.3 Å². The maximum absolute atomic E-state index is 12.4. The van der Waals surface area contributed by atoms with Gasteiger partial charge in [-0.3, -0.25) is 4.79 Å². The molecule has 0 aromatic carbocycles. The first-order valence-corrected chi connectivity index (χ1v) is 6.84. The van der Waals surface area contributed by atoms with Crippen LogP contribution in [0.25, 0.3) is 0 Å². The van der Waals surface area contributed by atoms with E-state index in [0.717, 1.165) is 17.7 Å². The number of carbonyl (C=O) groups is 1. The Hall–Kier alpha value is -0.980. The fourth-order valence-corrected chi connectivity index (χ4v) is 2.41. The van der Waals surface area contributed by atoms with E-state index in [1.54, 1.807) is 23.8 Å². The van der Waals surface area contributed by atoms with Crippen molar-refractivity contribution in [1.82, 2.24) is 9.47 Å². The lowest BCUT2D eigenvalue weighted by atomic mass is 10.3. The van der Waals surface area contributed by atoms with Gasteiger partial charge in [0.25, 0.3) is 5.91 Å². The van der Waals surface area contributed by atoms with Crippen molar-refractivity contribution in [3.8, 4) is 0 Å². The summed E-state index contributed by atoms with van der Waals surface area (Å²) >= 11 is 3.27. The molecule has 1 saturated carbocycles. The molecule has 1 aromatic rings. The van der Waals surface area contributed by atoms with Gasteiger partial charge >= 0.3 is 6.18 Å². The average molecular weight is 339 g/mol. The molecule has 0 radical (unpaired) electrons. The van der Waals surface area contributed by atoms with Crippen molar-refractivity contribution in [3.05, 3.63) is 22.4 Å². The summed E-state index contributed by atoms with van der Waals surface area (Å²) in [5.41, 5.74) is 0.320. The molecule has 0 bridgehead atoms. The largest absolute Gasteiger partial charge is 0.406 e. The molecule has 0 N–H and O–H groups in total. The van der Waals surface area contributed by atoms with Crippen LogP contribution in [0.1, 0.15) is 36.3 Å². The Labute approximate surface area is 117 Å². The minimum absolute atomic E-state index is 0.0335. The summed E-state index contributed by atoms with van der Waals surface area (Å²) in [7, 11) is 0. The van der Waals surface area contributed by atoms with Crippen LogP contribution in [0.15, 0.2) is 16.7 Å². The minimum Gasteiger partial charge on any atom is -0.339 e. The zero-order valence-corrected chi connectivity index (χ0v) is 12.0. The Balaban J connectivity index is 2.22. The monoisotopic (exact) mass is 338 g/mol. The van der Waals surface area contributed by atoms with Gasteiger partial charge in [-0.15, -0.1) is 0 Å². The fourth-order valence-electron chi connectivity index (χ4n) is 1.98. The molecule has 19 heavy (non-hydrogen) atoms. The Kier molecular flexibility index (Phi) is 3.94. The number of nitrogens with zero attached hydrogens (tertiary/aromatic N) is 2. The fraction of sp³-hybridized carbons (Fsp3) is 0.583. The van der Waals surface area contributed by atoms with E-state index in [1.165, 1.54) is 0 Å². The van der Waals surface area contributed by atoms with Crippen molar-refractivity contribution < 1.29 is 18.0 Å². The predicted molar refractivity (Wildman–Crippen MR) is 68.0 cm³/mol. The van der Waals surface area contributed by atoms with Crippen LogP contribution >= 0.6 is 15.9 Å². The van der Waals surface area contributed by atoms with Crippen LogP contribution in [0.2, 0.25) is 0 Å². The van der Waals surface area contributed by atoms with E-state index in [9.17, 15) is 18.0 Å². The van der Waals surface area contributed by atoms with E-state index in [2.05, 4.69) is 15.9 Å². The summed E-state index contributed by atoms with van der Waals surface area (Å²) in [6, 6.07) is 1.83. The van der Waals surface area contributed by atoms with Gasteiger partial charge in [-0.05, 0) is 41.8 Å². The molecule has 0 spiro atoms. The number of alkyl halides is 3. The molecular weight excluding hydrogens is 325 g/mol. The zero-order chi connectivity index (χ0) is 14.2. The van der Waals surface area contributed by atoms with Crippen molar-refractivity contribution in [2.75, 3.05) is 13.1 Å². The number of amides is 1. The van der Waals surface area contributed by atoms with Crippen molar-refractivity contribution in [3.63, 3.8) is 0 Å². The summed E-state index contributed by atoms with van der Waals surface area (Å²) < 4.78 is 39.8. The van der Waals surface area contributed by atoms with Crippen LogP contribution < -0.4 is 0 Å². The third-order valence-electron chi connectivity index (χ3n) is 3.01. The van der Waals surface area contributed by atoms with Gasteiger partial charge in [0.15, 0.2) is 0 Å². The van der Waals surface area contributed by atoms with Crippen molar-refractivity contribution >= 4 is 21.8 Å². The standard InChI is InChI=1S/C12H14BrF3N2O/c1-2-17(7-12(14,15)16)11(19)10-5-8(13)6-18(10)9-3-4-9/h5-6,9H,2-4,7H2,1H3. The first kappa shape index (κ1) is 14.4. The van der Waals surface area contributed by atoms with Crippen molar-refractivity contribution in [2.24, 2.45) is 0 Å². The van der Waals surface area contributed by atoms with Crippen LogP contribution in [0.3, 0.4) is 0 Å². The van der Waals surface area contributed by atoms with E-state index in [0.29, 0.717) is 10.2 Å². The summed E-state index contributed by atoms with van der Waals surface area (Å²) in [5.74, 6) is -0.572. The number of hydrogen-bond acceptors (Lipinski definition) is 1. The lowest BCUT2D eigenvalue weighted by molar-refractivity contribution is -0.140. The zero-order valence-electron chi connectivity index (χ0n) is 10.4. The Morgan fingerprint density at radius 1 is 1.53 bits per heavy atom. The molecule has 1 heterocycles. The highest BCUT2D eigenvalue weighted by molar-refractivity contribution is 9.10. The van der Waals surface area contributed by atoms with Crippen molar-refractivity contribution in [1.29, 1.82) is 0 Å². The van der Waals surface area contributed by atoms with Gasteiger partial charge in [-0.2, -0.15) is 13.2 Å². The number of halogens is 4. The van der Waals surface area contributed by atoms with E-state index in [4.69, 9.17) is 0 Å². The van der Waals surface area contributed by atoms with Crippen LogP contribution in [0.5, 0.6) is 0 Å². The first-order valence-electron chi connectivity index (χ1n) is 6.05. The molecule has 7 heteroatoms. The third kappa shape index (κ3) is 3.52. The molecule has 0 saturated heterocycles. The lowest BCUT2D eigenvalue weighted by Gasteiger charge is -2.22. The van der Waals surface area contributed by atoms with Crippen LogP contribution in [0.4, 0.5) is 13.2 Å². The molecular formula is C12H14BrF3N2O. The molecule has 3 nitrogen and oxygen atoms in total. The van der Waals surface area contributed by atoms with Crippen LogP contribution in [-0.2, 0) is 0 Å². The SMILES string of the molecule is CCN(CC(F)(F)F)C(=O)c1cc(Br)cn1C1CC1. The maximum Gasteiger partial charge on any atom is 0.406 e. The molecule has 1 amide bonds. The lowest BCUT2D eigenvalue weighted by Crippen LogP contribution is -2.39. The molecule has 1 aliphatic rings. The minimum atomic E-state index is -4.38. The normalized spacial score (nSPS) is 15.6. The highest BCUT2D eigenvalue weighted by Gasteiger charge is 2.35. The average Bonchev–Trinajstić information content (AvgIpc) is 3.07. The number of aromatic nitrogens is 1. The second-order valence-corrected chi connectivity index (χ2v) is 5.53. The molecule has 1 aliphatic carbocycles. The van der Waals surface area contributed by atoms with E-state index in [1.807, 2.05) is 0 Å². The molecule has 106 valence electrons. The Bertz CT molecular complexity index is 480. The van der Waals surface area contributed by atoms with Gasteiger partial charge in [-0.25, -0.2) is 0 Å².